The van der Waals surface area contributed by atoms with E-state index in [1.807, 2.05) is 19.9 Å². The van der Waals surface area contributed by atoms with Crippen LogP contribution in [-0.2, 0) is 10.0 Å². The molecule has 7 nitrogen and oxygen atoms in total. The fourth-order valence-corrected chi connectivity index (χ4v) is 7.75. The van der Waals surface area contributed by atoms with E-state index in [-0.39, 0.29) is 30.2 Å². The van der Waals surface area contributed by atoms with Gasteiger partial charge in [-0.05, 0) is 52.5 Å². The molecule has 0 amide bonds. The third-order valence-corrected chi connectivity index (χ3v) is 9.12. The lowest BCUT2D eigenvalue weighted by Gasteiger charge is -2.31. The molecule has 0 bridgehead atoms. The Hall–Kier alpha value is -0.680. The molecule has 2 aromatic rings. The highest BCUT2D eigenvalue weighted by atomic mass is 35.5. The van der Waals surface area contributed by atoms with Crippen molar-refractivity contribution in [3.8, 4) is 10.4 Å². The zero-order valence-corrected chi connectivity index (χ0v) is 20.2. The highest BCUT2D eigenvalue weighted by Crippen LogP contribution is 2.43. The van der Waals surface area contributed by atoms with Crippen LogP contribution in [0.15, 0.2) is 20.9 Å². The average Bonchev–Trinajstić information content (AvgIpc) is 3.30. The number of thiophene rings is 1. The summed E-state index contributed by atoms with van der Waals surface area (Å²) in [6.45, 7) is 7.53. The third kappa shape index (κ3) is 4.23. The Labute approximate surface area is 188 Å². The van der Waals surface area contributed by atoms with Gasteiger partial charge in [-0.25, -0.2) is 8.42 Å². The van der Waals surface area contributed by atoms with Crippen molar-refractivity contribution in [1.29, 1.82) is 0 Å². The van der Waals surface area contributed by atoms with E-state index in [4.69, 9.17) is 4.52 Å². The molecule has 2 aromatic heterocycles. The molecule has 2 fully saturated rings. The molecule has 11 heteroatoms. The molecule has 0 aliphatic carbocycles. The first-order valence-electron chi connectivity index (χ1n) is 9.12. The Morgan fingerprint density at radius 1 is 1.34 bits per heavy atom. The minimum absolute atomic E-state index is 0. The fraction of sp³-hybridized carbons (Fsp3) is 0.611. The minimum atomic E-state index is -3.50. The summed E-state index contributed by atoms with van der Waals surface area (Å²) in [5, 5.41) is 7.43. The molecule has 2 aliphatic heterocycles. The molecule has 2 unspecified atom stereocenters. The van der Waals surface area contributed by atoms with Gasteiger partial charge in [-0.1, -0.05) is 5.16 Å². The van der Waals surface area contributed by atoms with Crippen LogP contribution >= 0.6 is 36.2 Å². The van der Waals surface area contributed by atoms with E-state index in [1.54, 1.807) is 10.4 Å². The molecule has 0 saturated carbocycles. The van der Waals surface area contributed by atoms with Crippen molar-refractivity contribution in [3.63, 3.8) is 0 Å². The number of halogens is 2. The number of sulfonamides is 1. The molecule has 29 heavy (non-hydrogen) atoms. The lowest BCUT2D eigenvalue weighted by Crippen LogP contribution is -2.42. The van der Waals surface area contributed by atoms with Gasteiger partial charge in [-0.3, -0.25) is 0 Å². The second kappa shape index (κ2) is 8.82. The van der Waals surface area contributed by atoms with Crippen LogP contribution in [0.1, 0.15) is 11.5 Å². The van der Waals surface area contributed by atoms with E-state index in [0.29, 0.717) is 29.0 Å². The zero-order valence-electron chi connectivity index (χ0n) is 17.0. The Balaban J connectivity index is 0.00000150. The van der Waals surface area contributed by atoms with Crippen molar-refractivity contribution in [2.75, 3.05) is 46.8 Å². The van der Waals surface area contributed by atoms with Gasteiger partial charge in [0.05, 0.1) is 11.3 Å². The van der Waals surface area contributed by atoms with Crippen LogP contribution in [0.4, 0.5) is 0 Å². The second-order valence-corrected chi connectivity index (χ2v) is 11.3. The standard InChI is InChI=1S/C18H26N4O3S2.2ClH/c1-12-17(13(2)25-20-12)15-5-6-16(26-15)27(23,24)22-8-14-7-19-9-18(14,11-22)10-21(3)4;;/h5-6,14,19H,7-11H2,1-4H3;2*1H. The SMILES string of the molecule is Cc1noc(C)c1-c1ccc(S(=O)(=O)N2CC3CNCC3(CN(C)C)C2)s1.Cl.Cl. The maximum atomic E-state index is 13.3. The monoisotopic (exact) mass is 482 g/mol. The lowest BCUT2D eigenvalue weighted by molar-refractivity contribution is 0.198. The van der Waals surface area contributed by atoms with Gasteiger partial charge in [0.15, 0.2) is 0 Å². The highest BCUT2D eigenvalue weighted by Gasteiger charge is 2.52. The van der Waals surface area contributed by atoms with E-state index in [1.165, 1.54) is 11.3 Å². The van der Waals surface area contributed by atoms with Gasteiger partial charge < -0.3 is 14.7 Å². The summed E-state index contributed by atoms with van der Waals surface area (Å²) in [5.41, 5.74) is 1.68. The van der Waals surface area contributed by atoms with Crippen molar-refractivity contribution >= 4 is 46.2 Å². The summed E-state index contributed by atoms with van der Waals surface area (Å²) in [7, 11) is 0.608. The average molecular weight is 483 g/mol. The second-order valence-electron chi connectivity index (χ2n) is 8.04. The maximum absolute atomic E-state index is 13.3. The van der Waals surface area contributed by atoms with Crippen LogP contribution in [0, 0.1) is 25.2 Å². The molecule has 2 aliphatic rings. The molecule has 1 N–H and O–H groups in total. The van der Waals surface area contributed by atoms with Crippen molar-refractivity contribution in [2.45, 2.75) is 18.1 Å². The highest BCUT2D eigenvalue weighted by molar-refractivity contribution is 7.91. The van der Waals surface area contributed by atoms with Crippen LogP contribution in [0.3, 0.4) is 0 Å². The summed E-state index contributed by atoms with van der Waals surface area (Å²) < 4.78 is 33.9. The summed E-state index contributed by atoms with van der Waals surface area (Å²) in [4.78, 5) is 3.05. The van der Waals surface area contributed by atoms with E-state index in [0.717, 1.165) is 35.8 Å². The number of hydrogen-bond donors (Lipinski definition) is 1. The van der Waals surface area contributed by atoms with Crippen molar-refractivity contribution in [3.05, 3.63) is 23.6 Å². The molecule has 0 radical (unpaired) electrons. The number of nitrogens with one attached hydrogen (secondary N) is 1. The van der Waals surface area contributed by atoms with Crippen molar-refractivity contribution in [1.82, 2.24) is 19.7 Å². The number of nitrogens with zero attached hydrogens (tertiary/aromatic N) is 3. The predicted octanol–water partition coefficient (Wildman–Crippen LogP) is 2.64. The predicted molar refractivity (Wildman–Crippen MR) is 120 cm³/mol. The smallest absolute Gasteiger partial charge is 0.252 e. The first-order chi connectivity index (χ1) is 12.7. The summed E-state index contributed by atoms with van der Waals surface area (Å²) in [5.74, 6) is 1.07. The van der Waals surface area contributed by atoms with Gasteiger partial charge in [0.1, 0.15) is 9.97 Å². The van der Waals surface area contributed by atoms with Gasteiger partial charge >= 0.3 is 0 Å². The fourth-order valence-electron chi connectivity index (χ4n) is 4.56. The van der Waals surface area contributed by atoms with Gasteiger partial charge in [0.2, 0.25) is 0 Å². The number of fused-ring (bicyclic) bond motifs is 1. The molecule has 0 aromatic carbocycles. The quantitative estimate of drug-likeness (QED) is 0.705. The first-order valence-corrected chi connectivity index (χ1v) is 11.4. The van der Waals surface area contributed by atoms with Gasteiger partial charge in [0, 0.05) is 36.5 Å². The maximum Gasteiger partial charge on any atom is 0.252 e. The molecule has 4 rings (SSSR count). The normalized spacial score (nSPS) is 24.4. The number of rotatable bonds is 5. The van der Waals surface area contributed by atoms with E-state index in [2.05, 4.69) is 29.5 Å². The molecule has 2 saturated heterocycles. The summed E-state index contributed by atoms with van der Waals surface area (Å²) >= 11 is 1.30. The third-order valence-electron chi connectivity index (χ3n) is 5.74. The van der Waals surface area contributed by atoms with Crippen molar-refractivity contribution in [2.24, 2.45) is 11.3 Å². The molecule has 4 heterocycles. The van der Waals surface area contributed by atoms with Gasteiger partial charge in [-0.15, -0.1) is 36.2 Å². The van der Waals surface area contributed by atoms with Crippen LogP contribution in [0.5, 0.6) is 0 Å². The summed E-state index contributed by atoms with van der Waals surface area (Å²) in [6.07, 6.45) is 0. The topological polar surface area (TPSA) is 78.7 Å². The number of aromatic nitrogens is 1. The lowest BCUT2D eigenvalue weighted by atomic mass is 9.81. The van der Waals surface area contributed by atoms with Crippen LogP contribution < -0.4 is 5.32 Å². The van der Waals surface area contributed by atoms with Gasteiger partial charge in [-0.2, -0.15) is 4.31 Å². The van der Waals surface area contributed by atoms with Crippen LogP contribution in [0.2, 0.25) is 0 Å². The van der Waals surface area contributed by atoms with Gasteiger partial charge in [0.25, 0.3) is 10.0 Å². The number of aryl methyl sites for hydroxylation is 2. The molecule has 164 valence electrons. The molecule has 2 atom stereocenters. The molecular weight excluding hydrogens is 455 g/mol. The van der Waals surface area contributed by atoms with Crippen LogP contribution in [-0.4, -0.2) is 69.6 Å². The number of hydrogen-bond acceptors (Lipinski definition) is 7. The Morgan fingerprint density at radius 3 is 2.69 bits per heavy atom. The Kier molecular flexibility index (Phi) is 7.48. The van der Waals surface area contributed by atoms with E-state index in [9.17, 15) is 8.42 Å². The molecular formula is C18H28Cl2N4O3S2. The summed E-state index contributed by atoms with van der Waals surface area (Å²) in [6, 6.07) is 3.57. The van der Waals surface area contributed by atoms with E-state index >= 15 is 0 Å². The molecule has 0 spiro atoms. The van der Waals surface area contributed by atoms with E-state index < -0.39 is 10.0 Å². The zero-order chi connectivity index (χ0) is 19.4. The van der Waals surface area contributed by atoms with Crippen LogP contribution in [0.25, 0.3) is 10.4 Å². The minimum Gasteiger partial charge on any atom is -0.361 e. The first kappa shape index (κ1) is 24.6. The van der Waals surface area contributed by atoms with Crippen molar-refractivity contribution < 1.29 is 12.9 Å². The largest absolute Gasteiger partial charge is 0.361 e. The Bertz CT molecular complexity index is 941. The Morgan fingerprint density at radius 2 is 2.07 bits per heavy atom.